The van der Waals surface area contributed by atoms with Crippen LogP contribution in [-0.2, 0) is 25.5 Å². The predicted molar refractivity (Wildman–Crippen MR) is 90.0 cm³/mol. The van der Waals surface area contributed by atoms with Crippen LogP contribution in [-0.4, -0.2) is 25.2 Å². The standard InChI is InChI=1S/C19H26O4/c1-2-3-4-5-9-15-22-18(20)12-13-19(21)23-16-14-17-10-7-6-8-11-17/h6-8,10-13H,2-5,9,14-16H2,1H3/b13-12+. The molecule has 0 atom stereocenters. The van der Waals surface area contributed by atoms with Gasteiger partial charge in [-0.3, -0.25) is 0 Å². The molecule has 0 radical (unpaired) electrons. The molecule has 23 heavy (non-hydrogen) atoms. The van der Waals surface area contributed by atoms with Crippen molar-refractivity contribution in [1.82, 2.24) is 0 Å². The Morgan fingerprint density at radius 1 is 0.870 bits per heavy atom. The quantitative estimate of drug-likeness (QED) is 0.353. The van der Waals surface area contributed by atoms with Crippen molar-refractivity contribution in [3.05, 3.63) is 48.0 Å². The Labute approximate surface area is 138 Å². The van der Waals surface area contributed by atoms with Crippen molar-refractivity contribution in [2.45, 2.75) is 45.4 Å². The van der Waals surface area contributed by atoms with E-state index < -0.39 is 11.9 Å². The highest BCUT2D eigenvalue weighted by Crippen LogP contribution is 2.02. The van der Waals surface area contributed by atoms with Gasteiger partial charge in [-0.05, 0) is 12.0 Å². The van der Waals surface area contributed by atoms with E-state index in [0.29, 0.717) is 19.6 Å². The lowest BCUT2D eigenvalue weighted by Crippen LogP contribution is -2.07. The maximum absolute atomic E-state index is 11.5. The summed E-state index contributed by atoms with van der Waals surface area (Å²) >= 11 is 0. The normalized spacial score (nSPS) is 10.7. The Bertz CT molecular complexity index is 479. The molecule has 1 aromatic carbocycles. The van der Waals surface area contributed by atoms with Crippen LogP contribution in [0.25, 0.3) is 0 Å². The number of benzene rings is 1. The molecule has 0 bridgehead atoms. The van der Waals surface area contributed by atoms with E-state index in [0.717, 1.165) is 37.0 Å². The molecule has 4 heteroatoms. The van der Waals surface area contributed by atoms with Gasteiger partial charge in [0, 0.05) is 18.6 Å². The average Bonchev–Trinajstić information content (AvgIpc) is 2.57. The molecule has 0 amide bonds. The first-order chi connectivity index (χ1) is 11.2. The molecule has 0 aliphatic heterocycles. The minimum atomic E-state index is -0.527. The van der Waals surface area contributed by atoms with Crippen LogP contribution in [0.3, 0.4) is 0 Å². The maximum atomic E-state index is 11.5. The van der Waals surface area contributed by atoms with Gasteiger partial charge in [-0.15, -0.1) is 0 Å². The fourth-order valence-corrected chi connectivity index (χ4v) is 2.02. The van der Waals surface area contributed by atoms with E-state index in [1.165, 1.54) is 12.8 Å². The molecule has 0 heterocycles. The summed E-state index contributed by atoms with van der Waals surface area (Å²) < 4.78 is 10.0. The Hall–Kier alpha value is -2.10. The molecule has 0 fully saturated rings. The Morgan fingerprint density at radius 2 is 1.48 bits per heavy atom. The predicted octanol–water partition coefficient (Wildman–Crippen LogP) is 3.84. The minimum Gasteiger partial charge on any atom is -0.463 e. The number of carbonyl (C=O) groups is 2. The summed E-state index contributed by atoms with van der Waals surface area (Å²) in [5, 5.41) is 0. The molecule has 0 N–H and O–H groups in total. The van der Waals surface area contributed by atoms with Gasteiger partial charge in [-0.25, -0.2) is 9.59 Å². The molecule has 0 aliphatic carbocycles. The molecule has 126 valence electrons. The lowest BCUT2D eigenvalue weighted by molar-refractivity contribution is -0.140. The molecule has 1 aromatic rings. The van der Waals surface area contributed by atoms with E-state index in [4.69, 9.17) is 9.47 Å². The van der Waals surface area contributed by atoms with Gasteiger partial charge in [-0.2, -0.15) is 0 Å². The third-order valence-corrected chi connectivity index (χ3v) is 3.33. The van der Waals surface area contributed by atoms with Crippen LogP contribution in [0.2, 0.25) is 0 Å². The highest BCUT2D eigenvalue weighted by Gasteiger charge is 2.01. The molecule has 0 saturated carbocycles. The van der Waals surface area contributed by atoms with E-state index in [1.54, 1.807) is 0 Å². The first-order valence-electron chi connectivity index (χ1n) is 8.28. The molecular weight excluding hydrogens is 292 g/mol. The largest absolute Gasteiger partial charge is 0.463 e. The van der Waals surface area contributed by atoms with Gasteiger partial charge in [0.2, 0.25) is 0 Å². The van der Waals surface area contributed by atoms with Gasteiger partial charge in [-0.1, -0.05) is 62.9 Å². The fourth-order valence-electron chi connectivity index (χ4n) is 2.02. The van der Waals surface area contributed by atoms with Crippen LogP contribution < -0.4 is 0 Å². The van der Waals surface area contributed by atoms with Gasteiger partial charge >= 0.3 is 11.9 Å². The van der Waals surface area contributed by atoms with Crippen LogP contribution in [0.1, 0.15) is 44.6 Å². The van der Waals surface area contributed by atoms with Gasteiger partial charge in [0.25, 0.3) is 0 Å². The number of hydrogen-bond acceptors (Lipinski definition) is 4. The monoisotopic (exact) mass is 318 g/mol. The van der Waals surface area contributed by atoms with E-state index in [-0.39, 0.29) is 0 Å². The molecule has 0 spiro atoms. The molecule has 0 aromatic heterocycles. The van der Waals surface area contributed by atoms with E-state index >= 15 is 0 Å². The van der Waals surface area contributed by atoms with E-state index in [2.05, 4.69) is 6.92 Å². The minimum absolute atomic E-state index is 0.291. The second-order valence-corrected chi connectivity index (χ2v) is 5.32. The third kappa shape index (κ3) is 10.3. The third-order valence-electron chi connectivity index (χ3n) is 3.33. The van der Waals surface area contributed by atoms with E-state index in [1.807, 2.05) is 30.3 Å². The van der Waals surface area contributed by atoms with Crippen molar-refractivity contribution < 1.29 is 19.1 Å². The molecule has 4 nitrogen and oxygen atoms in total. The fraction of sp³-hybridized carbons (Fsp3) is 0.474. The van der Waals surface area contributed by atoms with Crippen molar-refractivity contribution in [2.24, 2.45) is 0 Å². The van der Waals surface area contributed by atoms with E-state index in [9.17, 15) is 9.59 Å². The topological polar surface area (TPSA) is 52.6 Å². The second-order valence-electron chi connectivity index (χ2n) is 5.32. The highest BCUT2D eigenvalue weighted by atomic mass is 16.5. The zero-order chi connectivity index (χ0) is 16.8. The maximum Gasteiger partial charge on any atom is 0.331 e. The summed E-state index contributed by atoms with van der Waals surface area (Å²) in [6, 6.07) is 9.77. The first kappa shape index (κ1) is 18.9. The number of ether oxygens (including phenoxy) is 2. The van der Waals surface area contributed by atoms with Crippen molar-refractivity contribution >= 4 is 11.9 Å². The smallest absolute Gasteiger partial charge is 0.331 e. The van der Waals surface area contributed by atoms with Crippen molar-refractivity contribution in [3.63, 3.8) is 0 Å². The van der Waals surface area contributed by atoms with Crippen LogP contribution >= 0.6 is 0 Å². The summed E-state index contributed by atoms with van der Waals surface area (Å²) in [4.78, 5) is 22.9. The Balaban J connectivity index is 2.08. The number of carbonyl (C=O) groups excluding carboxylic acids is 2. The van der Waals surface area contributed by atoms with Crippen molar-refractivity contribution in [2.75, 3.05) is 13.2 Å². The number of esters is 2. The number of rotatable bonds is 11. The Morgan fingerprint density at radius 3 is 2.13 bits per heavy atom. The van der Waals surface area contributed by atoms with Gasteiger partial charge in [0.15, 0.2) is 0 Å². The summed E-state index contributed by atoms with van der Waals surface area (Å²) in [6.45, 7) is 2.85. The van der Waals surface area contributed by atoms with Gasteiger partial charge < -0.3 is 9.47 Å². The molecule has 0 aliphatic rings. The highest BCUT2D eigenvalue weighted by molar-refractivity contribution is 5.91. The summed E-state index contributed by atoms with van der Waals surface area (Å²) in [5.74, 6) is -1.03. The van der Waals surface area contributed by atoms with Crippen molar-refractivity contribution in [3.8, 4) is 0 Å². The van der Waals surface area contributed by atoms with Crippen LogP contribution in [0.4, 0.5) is 0 Å². The second kappa shape index (κ2) is 12.4. The molecular formula is C19H26O4. The lowest BCUT2D eigenvalue weighted by atomic mass is 10.2. The summed E-state index contributed by atoms with van der Waals surface area (Å²) in [7, 11) is 0. The zero-order valence-electron chi connectivity index (χ0n) is 13.8. The van der Waals surface area contributed by atoms with Crippen LogP contribution in [0.5, 0.6) is 0 Å². The number of hydrogen-bond donors (Lipinski definition) is 0. The van der Waals surface area contributed by atoms with Crippen molar-refractivity contribution in [1.29, 1.82) is 0 Å². The van der Waals surface area contributed by atoms with Crippen LogP contribution in [0.15, 0.2) is 42.5 Å². The Kier molecular flexibility index (Phi) is 10.3. The van der Waals surface area contributed by atoms with Gasteiger partial charge in [0.1, 0.15) is 0 Å². The van der Waals surface area contributed by atoms with Crippen LogP contribution in [0, 0.1) is 0 Å². The molecule has 0 unspecified atom stereocenters. The zero-order valence-corrected chi connectivity index (χ0v) is 13.8. The lowest BCUT2D eigenvalue weighted by Gasteiger charge is -2.03. The summed E-state index contributed by atoms with van der Waals surface area (Å²) in [6.07, 6.45) is 8.38. The summed E-state index contributed by atoms with van der Waals surface area (Å²) in [5.41, 5.74) is 1.10. The molecule has 1 rings (SSSR count). The van der Waals surface area contributed by atoms with Gasteiger partial charge in [0.05, 0.1) is 13.2 Å². The SMILES string of the molecule is CCCCCCCOC(=O)/C=C/C(=O)OCCc1ccccc1. The molecule has 0 saturated heterocycles. The number of unbranched alkanes of at least 4 members (excludes halogenated alkanes) is 4. The average molecular weight is 318 g/mol. The first-order valence-corrected chi connectivity index (χ1v) is 8.28.